The Hall–Kier alpha value is -2.75. The number of methoxy groups -OCH3 is 1. The molecule has 1 fully saturated rings. The molecule has 2 N–H and O–H groups in total. The van der Waals surface area contributed by atoms with Crippen molar-refractivity contribution in [2.45, 2.75) is 23.8 Å². The van der Waals surface area contributed by atoms with E-state index in [2.05, 4.69) is 21.5 Å². The van der Waals surface area contributed by atoms with E-state index in [4.69, 9.17) is 4.74 Å². The Kier molecular flexibility index (Phi) is 8.00. The lowest BCUT2D eigenvalue weighted by atomic mass is 10.0. The number of nitrogens with one attached hydrogen (secondary N) is 2. The summed E-state index contributed by atoms with van der Waals surface area (Å²) < 4.78 is 46.6. The molecule has 1 atom stereocenters. The van der Waals surface area contributed by atoms with Crippen molar-refractivity contribution in [2.24, 2.45) is 0 Å². The third kappa shape index (κ3) is 5.53. The van der Waals surface area contributed by atoms with Crippen LogP contribution in [0.5, 0.6) is 5.75 Å². The van der Waals surface area contributed by atoms with Gasteiger partial charge < -0.3 is 10.1 Å². The monoisotopic (exact) mass is 461 g/mol. The van der Waals surface area contributed by atoms with E-state index < -0.39 is 26.6 Å². The minimum atomic E-state index is -4.11. The minimum Gasteiger partial charge on any atom is -0.496 e. The lowest BCUT2D eigenvalue weighted by Crippen LogP contribution is -2.37. The van der Waals surface area contributed by atoms with Gasteiger partial charge in [0.15, 0.2) is 0 Å². The van der Waals surface area contributed by atoms with Crippen LogP contribution in [0, 0.1) is 5.82 Å². The Labute approximate surface area is 188 Å². The maximum Gasteiger partial charge on any atom is 0.251 e. The third-order valence-electron chi connectivity index (χ3n) is 5.44. The summed E-state index contributed by atoms with van der Waals surface area (Å²) >= 11 is 0. The number of nitrogens with zero attached hydrogens (tertiary/aromatic N) is 1. The molecule has 1 heterocycles. The molecular weight excluding hydrogens is 433 g/mol. The molecule has 7 nitrogen and oxygen atoms in total. The lowest BCUT2D eigenvalue weighted by Gasteiger charge is -2.29. The van der Waals surface area contributed by atoms with Crippen LogP contribution in [-0.2, 0) is 10.0 Å². The van der Waals surface area contributed by atoms with Crippen LogP contribution in [-0.4, -0.2) is 52.5 Å². The van der Waals surface area contributed by atoms with Crippen molar-refractivity contribution in [3.05, 3.63) is 72.1 Å². The Morgan fingerprint density at radius 3 is 2.66 bits per heavy atom. The van der Waals surface area contributed by atoms with Crippen molar-refractivity contribution in [1.29, 1.82) is 0 Å². The van der Waals surface area contributed by atoms with Gasteiger partial charge in [0.2, 0.25) is 10.0 Å². The van der Waals surface area contributed by atoms with Gasteiger partial charge in [0.1, 0.15) is 16.5 Å². The van der Waals surface area contributed by atoms with Gasteiger partial charge in [-0.2, -0.15) is 0 Å². The molecule has 0 spiro atoms. The molecule has 1 aliphatic heterocycles. The second-order valence-electron chi connectivity index (χ2n) is 7.50. The van der Waals surface area contributed by atoms with Crippen LogP contribution >= 0.6 is 0 Å². The average Bonchev–Trinajstić information content (AvgIpc) is 3.33. The molecule has 2 aromatic rings. The van der Waals surface area contributed by atoms with Gasteiger partial charge in [-0.25, -0.2) is 17.5 Å². The summed E-state index contributed by atoms with van der Waals surface area (Å²) in [7, 11) is -2.50. The summed E-state index contributed by atoms with van der Waals surface area (Å²) in [6, 6.07) is 10.9. The molecule has 1 saturated heterocycles. The summed E-state index contributed by atoms with van der Waals surface area (Å²) in [4.78, 5) is 14.6. The number of hydrogen-bond donors (Lipinski definition) is 2. The SMILES string of the molecule is C=CCNS(=O)(=O)c1cc(C(=O)NCC(c2ccccc2OC)N2CCCC2)ccc1F. The van der Waals surface area contributed by atoms with Gasteiger partial charge in [-0.3, -0.25) is 9.69 Å². The number of benzene rings is 2. The van der Waals surface area contributed by atoms with Crippen molar-refractivity contribution in [2.75, 3.05) is 33.3 Å². The van der Waals surface area contributed by atoms with E-state index >= 15 is 0 Å². The molecule has 1 aliphatic rings. The zero-order chi connectivity index (χ0) is 23.1. The number of para-hydroxylation sites is 1. The highest BCUT2D eigenvalue weighted by molar-refractivity contribution is 7.89. The minimum absolute atomic E-state index is 0.0470. The molecule has 0 saturated carbocycles. The second-order valence-corrected chi connectivity index (χ2v) is 9.23. The average molecular weight is 462 g/mol. The smallest absolute Gasteiger partial charge is 0.251 e. The van der Waals surface area contributed by atoms with Gasteiger partial charge in [-0.1, -0.05) is 24.3 Å². The van der Waals surface area contributed by atoms with Crippen LogP contribution in [0.1, 0.15) is 34.8 Å². The highest BCUT2D eigenvalue weighted by atomic mass is 32.2. The number of carbonyl (C=O) groups excluding carboxylic acids is 1. The van der Waals surface area contributed by atoms with Gasteiger partial charge in [0.25, 0.3) is 5.91 Å². The van der Waals surface area contributed by atoms with E-state index in [0.717, 1.165) is 49.4 Å². The highest BCUT2D eigenvalue weighted by Crippen LogP contribution is 2.31. The molecule has 0 aromatic heterocycles. The maximum absolute atomic E-state index is 14.2. The molecule has 2 aromatic carbocycles. The maximum atomic E-state index is 14.2. The van der Waals surface area contributed by atoms with E-state index in [1.807, 2.05) is 24.3 Å². The molecule has 3 rings (SSSR count). The zero-order valence-electron chi connectivity index (χ0n) is 18.0. The first-order valence-electron chi connectivity index (χ1n) is 10.4. The Morgan fingerprint density at radius 1 is 1.25 bits per heavy atom. The van der Waals surface area contributed by atoms with E-state index in [1.54, 1.807) is 7.11 Å². The first-order chi connectivity index (χ1) is 15.4. The quantitative estimate of drug-likeness (QED) is 0.532. The first kappa shape index (κ1) is 23.9. The Bertz CT molecular complexity index is 1070. The topological polar surface area (TPSA) is 87.7 Å². The molecular formula is C23H28FN3O4S. The van der Waals surface area contributed by atoms with Gasteiger partial charge in [0.05, 0.1) is 13.2 Å². The van der Waals surface area contributed by atoms with E-state index in [-0.39, 0.29) is 18.2 Å². The molecule has 32 heavy (non-hydrogen) atoms. The van der Waals surface area contributed by atoms with Crippen molar-refractivity contribution in [1.82, 2.24) is 14.9 Å². The van der Waals surface area contributed by atoms with Gasteiger partial charge in [-0.15, -0.1) is 6.58 Å². The van der Waals surface area contributed by atoms with Crippen LogP contribution in [0.3, 0.4) is 0 Å². The summed E-state index contributed by atoms with van der Waals surface area (Å²) in [5, 5.41) is 2.88. The summed E-state index contributed by atoms with van der Waals surface area (Å²) in [5.41, 5.74) is 1.03. The molecule has 0 bridgehead atoms. The highest BCUT2D eigenvalue weighted by Gasteiger charge is 2.27. The number of halogens is 1. The van der Waals surface area contributed by atoms with Crippen LogP contribution in [0.2, 0.25) is 0 Å². The zero-order valence-corrected chi connectivity index (χ0v) is 18.8. The van der Waals surface area contributed by atoms with Crippen molar-refractivity contribution < 1.29 is 22.3 Å². The number of ether oxygens (including phenoxy) is 1. The predicted octanol–water partition coefficient (Wildman–Crippen LogP) is 2.87. The number of sulfonamides is 1. The van der Waals surface area contributed by atoms with Crippen LogP contribution in [0.25, 0.3) is 0 Å². The van der Waals surface area contributed by atoms with Gasteiger partial charge in [-0.05, 0) is 50.2 Å². The number of hydrogen-bond acceptors (Lipinski definition) is 5. The van der Waals surface area contributed by atoms with E-state index in [9.17, 15) is 17.6 Å². The number of amides is 1. The first-order valence-corrected chi connectivity index (χ1v) is 11.9. The Morgan fingerprint density at radius 2 is 1.97 bits per heavy atom. The lowest BCUT2D eigenvalue weighted by molar-refractivity contribution is 0.0937. The molecule has 9 heteroatoms. The second kappa shape index (κ2) is 10.7. The fraction of sp³-hybridized carbons (Fsp3) is 0.348. The predicted molar refractivity (Wildman–Crippen MR) is 121 cm³/mol. The molecule has 1 amide bonds. The standard InChI is InChI=1S/C23H28FN3O4S/c1-3-12-26-32(29,30)22-15-17(10-11-19(22)24)23(28)25-16-20(27-13-6-7-14-27)18-8-4-5-9-21(18)31-2/h3-5,8-11,15,20,26H,1,6-7,12-14,16H2,2H3,(H,25,28). The van der Waals surface area contributed by atoms with Gasteiger partial charge in [0, 0.05) is 24.2 Å². The molecule has 1 unspecified atom stereocenters. The fourth-order valence-electron chi connectivity index (χ4n) is 3.82. The van der Waals surface area contributed by atoms with Crippen LogP contribution < -0.4 is 14.8 Å². The largest absolute Gasteiger partial charge is 0.496 e. The number of likely N-dealkylation sites (tertiary alicyclic amines) is 1. The summed E-state index contributed by atoms with van der Waals surface area (Å²) in [6.45, 7) is 5.51. The number of carbonyl (C=O) groups is 1. The third-order valence-corrected chi connectivity index (χ3v) is 6.87. The summed E-state index contributed by atoms with van der Waals surface area (Å²) in [5.74, 6) is -0.673. The van der Waals surface area contributed by atoms with Crippen molar-refractivity contribution in [3.8, 4) is 5.75 Å². The summed E-state index contributed by atoms with van der Waals surface area (Å²) in [6.07, 6.45) is 3.51. The van der Waals surface area contributed by atoms with Gasteiger partial charge >= 0.3 is 0 Å². The fourth-order valence-corrected chi connectivity index (χ4v) is 4.92. The molecule has 172 valence electrons. The molecule has 0 radical (unpaired) electrons. The van der Waals surface area contributed by atoms with Crippen LogP contribution in [0.4, 0.5) is 4.39 Å². The van der Waals surface area contributed by atoms with E-state index in [1.165, 1.54) is 12.1 Å². The van der Waals surface area contributed by atoms with E-state index in [0.29, 0.717) is 6.54 Å². The van der Waals surface area contributed by atoms with Crippen molar-refractivity contribution >= 4 is 15.9 Å². The molecule has 0 aliphatic carbocycles. The number of rotatable bonds is 10. The van der Waals surface area contributed by atoms with Crippen LogP contribution in [0.15, 0.2) is 60.0 Å². The van der Waals surface area contributed by atoms with Crippen molar-refractivity contribution in [3.63, 3.8) is 0 Å². The Balaban J connectivity index is 1.81. The normalized spacial score (nSPS) is 15.3.